The topological polar surface area (TPSA) is 17.1 Å². The highest BCUT2D eigenvalue weighted by Crippen LogP contribution is 2.26. The van der Waals surface area contributed by atoms with Crippen LogP contribution in [0.1, 0.15) is 10.4 Å². The van der Waals surface area contributed by atoms with Gasteiger partial charge in [-0.15, -0.1) is 0 Å². The van der Waals surface area contributed by atoms with Crippen LogP contribution in [-0.2, 0) is 0 Å². The zero-order valence-electron chi connectivity index (χ0n) is 8.08. The van der Waals surface area contributed by atoms with Gasteiger partial charge in [-0.05, 0) is 10.8 Å². The second kappa shape index (κ2) is 3.63. The molecule has 2 aromatic carbocycles. The van der Waals surface area contributed by atoms with Crippen molar-refractivity contribution in [1.29, 1.82) is 0 Å². The zero-order chi connectivity index (χ0) is 11.8. The van der Waals surface area contributed by atoms with Crippen LogP contribution in [0, 0.1) is 0 Å². The molecule has 0 atom stereocenters. The number of hydrogen-bond donors (Lipinski definition) is 0. The lowest BCUT2D eigenvalue weighted by molar-refractivity contribution is -0.0884. The number of halogens is 3. The Labute approximate surface area is 89.5 Å². The van der Waals surface area contributed by atoms with Gasteiger partial charge in [0.25, 0.3) is 5.78 Å². The minimum atomic E-state index is -4.83. The lowest BCUT2D eigenvalue weighted by Gasteiger charge is -2.07. The van der Waals surface area contributed by atoms with E-state index in [4.69, 9.17) is 0 Å². The van der Waals surface area contributed by atoms with Crippen molar-refractivity contribution < 1.29 is 18.0 Å². The van der Waals surface area contributed by atoms with E-state index in [9.17, 15) is 18.0 Å². The molecule has 0 saturated heterocycles. The Morgan fingerprint density at radius 3 is 2.25 bits per heavy atom. The van der Waals surface area contributed by atoms with Crippen molar-refractivity contribution in [3.8, 4) is 0 Å². The molecule has 0 radical (unpaired) electrons. The fourth-order valence-electron chi connectivity index (χ4n) is 1.58. The fourth-order valence-corrected chi connectivity index (χ4v) is 1.58. The summed E-state index contributed by atoms with van der Waals surface area (Å²) in [7, 11) is 0. The van der Waals surface area contributed by atoms with Crippen LogP contribution in [0.4, 0.5) is 13.2 Å². The number of carbonyl (C=O) groups excluding carboxylic acids is 1. The number of benzene rings is 2. The summed E-state index contributed by atoms with van der Waals surface area (Å²) in [5.41, 5.74) is -0.300. The van der Waals surface area contributed by atoms with E-state index in [-0.39, 0.29) is 5.56 Å². The molecule has 0 aliphatic rings. The van der Waals surface area contributed by atoms with E-state index in [0.717, 1.165) is 0 Å². The predicted molar refractivity (Wildman–Crippen MR) is 54.3 cm³/mol. The molecule has 0 amide bonds. The number of hydrogen-bond acceptors (Lipinski definition) is 1. The molecule has 2 rings (SSSR count). The maximum Gasteiger partial charge on any atom is 0.454 e. The van der Waals surface area contributed by atoms with Crippen molar-refractivity contribution >= 4 is 16.6 Å². The molecule has 0 aliphatic heterocycles. The lowest BCUT2D eigenvalue weighted by Crippen LogP contribution is -2.22. The summed E-state index contributed by atoms with van der Waals surface area (Å²) in [5, 5.41) is 0.949. The SMILES string of the molecule is O=C(c1cccc2ccccc12)C(F)(F)F. The van der Waals surface area contributed by atoms with Gasteiger partial charge in [-0.3, -0.25) is 4.79 Å². The first-order valence-electron chi connectivity index (χ1n) is 4.59. The Morgan fingerprint density at radius 2 is 1.56 bits per heavy atom. The molecule has 0 aromatic heterocycles. The van der Waals surface area contributed by atoms with Crippen LogP contribution in [0.5, 0.6) is 0 Å². The largest absolute Gasteiger partial charge is 0.454 e. The van der Waals surface area contributed by atoms with Gasteiger partial charge < -0.3 is 0 Å². The Kier molecular flexibility index (Phi) is 2.42. The molecule has 16 heavy (non-hydrogen) atoms. The molecule has 82 valence electrons. The number of ketones is 1. The highest BCUT2D eigenvalue weighted by molar-refractivity contribution is 6.10. The van der Waals surface area contributed by atoms with Crippen LogP contribution in [0.15, 0.2) is 42.5 Å². The van der Waals surface area contributed by atoms with E-state index >= 15 is 0 Å². The van der Waals surface area contributed by atoms with Crippen molar-refractivity contribution in [1.82, 2.24) is 0 Å². The van der Waals surface area contributed by atoms with Gasteiger partial charge in [0, 0.05) is 5.56 Å². The van der Waals surface area contributed by atoms with Crippen LogP contribution >= 0.6 is 0 Å². The average Bonchev–Trinajstić information content (AvgIpc) is 2.26. The summed E-state index contributed by atoms with van der Waals surface area (Å²) in [6.45, 7) is 0. The molecule has 2 aromatic rings. The van der Waals surface area contributed by atoms with Gasteiger partial charge in [-0.2, -0.15) is 13.2 Å². The standard InChI is InChI=1S/C12H7F3O/c13-12(14,15)11(16)10-7-3-5-8-4-1-2-6-9(8)10/h1-7H. The Bertz CT molecular complexity index is 538. The van der Waals surface area contributed by atoms with Crippen molar-refractivity contribution in [2.24, 2.45) is 0 Å². The van der Waals surface area contributed by atoms with Gasteiger partial charge in [-0.1, -0.05) is 42.5 Å². The summed E-state index contributed by atoms with van der Waals surface area (Å²) < 4.78 is 36.9. The minimum Gasteiger partial charge on any atom is -0.284 e. The highest BCUT2D eigenvalue weighted by Gasteiger charge is 2.39. The number of Topliss-reactive ketones (excluding diaryl/α,β-unsaturated/α-hetero) is 1. The molecule has 1 nitrogen and oxygen atoms in total. The van der Waals surface area contributed by atoms with E-state index in [2.05, 4.69) is 0 Å². The normalized spacial score (nSPS) is 11.7. The first kappa shape index (κ1) is 10.7. The number of fused-ring (bicyclic) bond motifs is 1. The van der Waals surface area contributed by atoms with E-state index in [0.29, 0.717) is 10.8 Å². The van der Waals surface area contributed by atoms with Crippen LogP contribution in [0.25, 0.3) is 10.8 Å². The predicted octanol–water partition coefficient (Wildman–Crippen LogP) is 3.58. The molecule has 0 fully saturated rings. The van der Waals surface area contributed by atoms with Crippen LogP contribution in [0.3, 0.4) is 0 Å². The molecule has 0 bridgehead atoms. The summed E-state index contributed by atoms with van der Waals surface area (Å²) >= 11 is 0. The van der Waals surface area contributed by atoms with Gasteiger partial charge in [-0.25, -0.2) is 0 Å². The lowest BCUT2D eigenvalue weighted by atomic mass is 10.0. The molecule has 0 saturated carbocycles. The van der Waals surface area contributed by atoms with Crippen molar-refractivity contribution in [2.45, 2.75) is 6.18 Å². The molecule has 0 unspecified atom stereocenters. The first-order chi connectivity index (χ1) is 7.50. The van der Waals surface area contributed by atoms with Crippen molar-refractivity contribution in [2.75, 3.05) is 0 Å². The molecule has 0 aliphatic carbocycles. The van der Waals surface area contributed by atoms with E-state index in [1.807, 2.05) is 0 Å². The Balaban J connectivity index is 2.66. The molecule has 0 heterocycles. The van der Waals surface area contributed by atoms with Crippen LogP contribution < -0.4 is 0 Å². The van der Waals surface area contributed by atoms with Gasteiger partial charge in [0.1, 0.15) is 0 Å². The van der Waals surface area contributed by atoms with Gasteiger partial charge >= 0.3 is 6.18 Å². The average molecular weight is 224 g/mol. The molecule has 0 N–H and O–H groups in total. The van der Waals surface area contributed by atoms with Crippen molar-refractivity contribution in [3.05, 3.63) is 48.0 Å². The number of carbonyl (C=O) groups is 1. The Hall–Kier alpha value is -1.84. The number of alkyl halides is 3. The second-order valence-corrected chi connectivity index (χ2v) is 3.35. The quantitative estimate of drug-likeness (QED) is 0.676. The smallest absolute Gasteiger partial charge is 0.284 e. The molecule has 4 heteroatoms. The third-order valence-corrected chi connectivity index (χ3v) is 2.29. The second-order valence-electron chi connectivity index (χ2n) is 3.35. The van der Waals surface area contributed by atoms with E-state index in [1.165, 1.54) is 18.2 Å². The summed E-state index contributed by atoms with van der Waals surface area (Å²) in [6.07, 6.45) is -4.83. The first-order valence-corrected chi connectivity index (χ1v) is 4.59. The number of rotatable bonds is 1. The third-order valence-electron chi connectivity index (χ3n) is 2.29. The third kappa shape index (κ3) is 1.78. The van der Waals surface area contributed by atoms with Gasteiger partial charge in [0.15, 0.2) is 0 Å². The van der Waals surface area contributed by atoms with Crippen LogP contribution in [-0.4, -0.2) is 12.0 Å². The molecular weight excluding hydrogens is 217 g/mol. The fraction of sp³-hybridized carbons (Fsp3) is 0.0833. The van der Waals surface area contributed by atoms with Gasteiger partial charge in [0.05, 0.1) is 0 Å². The summed E-state index contributed by atoms with van der Waals surface area (Å²) in [5.74, 6) is -1.80. The zero-order valence-corrected chi connectivity index (χ0v) is 8.08. The minimum absolute atomic E-state index is 0.300. The highest BCUT2D eigenvalue weighted by atomic mass is 19.4. The Morgan fingerprint density at radius 1 is 0.938 bits per heavy atom. The maximum absolute atomic E-state index is 12.3. The molecular formula is C12H7F3O. The van der Waals surface area contributed by atoms with Crippen LogP contribution in [0.2, 0.25) is 0 Å². The maximum atomic E-state index is 12.3. The summed E-state index contributed by atoms with van der Waals surface area (Å²) in [4.78, 5) is 11.2. The van der Waals surface area contributed by atoms with Crippen molar-refractivity contribution in [3.63, 3.8) is 0 Å². The molecule has 0 spiro atoms. The van der Waals surface area contributed by atoms with E-state index in [1.54, 1.807) is 24.3 Å². The summed E-state index contributed by atoms with van der Waals surface area (Å²) in [6, 6.07) is 10.8. The van der Waals surface area contributed by atoms with Gasteiger partial charge in [0.2, 0.25) is 0 Å². The monoisotopic (exact) mass is 224 g/mol. The van der Waals surface area contributed by atoms with E-state index < -0.39 is 12.0 Å².